The average Bonchev–Trinajstić information content (AvgIpc) is 3.13. The number of phenols is 2. The Morgan fingerprint density at radius 1 is 1.24 bits per heavy atom. The Kier molecular flexibility index (Phi) is 3.77. The van der Waals surface area contributed by atoms with E-state index >= 15 is 0 Å². The van der Waals surface area contributed by atoms with Crippen molar-refractivity contribution in [2.24, 2.45) is 0 Å². The van der Waals surface area contributed by atoms with Gasteiger partial charge in [0.1, 0.15) is 0 Å². The fourth-order valence-corrected chi connectivity index (χ4v) is 3.11. The van der Waals surface area contributed by atoms with E-state index in [1.165, 1.54) is 12.3 Å². The molecule has 2 aromatic heterocycles. The third-order valence-electron chi connectivity index (χ3n) is 4.40. The first-order chi connectivity index (χ1) is 12.1. The molecule has 4 rings (SSSR count). The first-order valence-electron chi connectivity index (χ1n) is 8.00. The molecule has 0 unspecified atom stereocenters. The predicted molar refractivity (Wildman–Crippen MR) is 90.1 cm³/mol. The molecule has 0 amide bonds. The van der Waals surface area contributed by atoms with E-state index in [1.807, 2.05) is 0 Å². The number of aromatic nitrogens is 2. The quantitative estimate of drug-likeness (QED) is 0.631. The number of furan rings is 1. The lowest BCUT2D eigenvalue weighted by Gasteiger charge is -2.27. The van der Waals surface area contributed by atoms with Gasteiger partial charge in [0.25, 0.3) is 5.56 Å². The van der Waals surface area contributed by atoms with Crippen molar-refractivity contribution in [2.75, 3.05) is 6.54 Å². The summed E-state index contributed by atoms with van der Waals surface area (Å²) in [6, 6.07) is 8.40. The molecular formula is C18H17N3O4. The fourth-order valence-electron chi connectivity index (χ4n) is 3.11. The molecule has 0 atom stereocenters. The normalized spacial score (nSPS) is 14.4. The molecule has 0 spiro atoms. The van der Waals surface area contributed by atoms with E-state index in [0.717, 1.165) is 0 Å². The minimum atomic E-state index is -0.142. The molecule has 0 saturated heterocycles. The standard InChI is InChI=1S/C18H17N3O4/c22-14-4-1-3-11(16(14)23)9-21-7-6-12-13(10-21)19-17(20-18(12)24)15-5-2-8-25-15/h1-5,8,22-23H,6-7,9-10H2,(H,19,20,24). The Labute approximate surface area is 143 Å². The second kappa shape index (κ2) is 6.10. The maximum atomic E-state index is 12.3. The van der Waals surface area contributed by atoms with E-state index in [-0.39, 0.29) is 17.1 Å². The number of nitrogens with one attached hydrogen (secondary N) is 1. The first-order valence-corrected chi connectivity index (χ1v) is 8.00. The van der Waals surface area contributed by atoms with E-state index in [9.17, 15) is 15.0 Å². The van der Waals surface area contributed by atoms with Crippen LogP contribution in [0, 0.1) is 0 Å². The molecule has 3 heterocycles. The van der Waals surface area contributed by atoms with Gasteiger partial charge in [-0.1, -0.05) is 12.1 Å². The van der Waals surface area contributed by atoms with Crippen molar-refractivity contribution in [3.63, 3.8) is 0 Å². The lowest BCUT2D eigenvalue weighted by atomic mass is 10.0. The van der Waals surface area contributed by atoms with Crippen LogP contribution in [0.1, 0.15) is 16.8 Å². The molecule has 3 aromatic rings. The third kappa shape index (κ3) is 2.89. The number of H-pyrrole nitrogens is 1. The zero-order valence-corrected chi connectivity index (χ0v) is 13.4. The van der Waals surface area contributed by atoms with Gasteiger partial charge in [-0.25, -0.2) is 4.98 Å². The SMILES string of the molecule is O=c1[nH]c(-c2ccco2)nc2c1CCN(Cc1cccc(O)c1O)C2. The number of hydrogen-bond acceptors (Lipinski definition) is 6. The summed E-state index contributed by atoms with van der Waals surface area (Å²) in [6.07, 6.45) is 2.11. The van der Waals surface area contributed by atoms with E-state index in [1.54, 1.807) is 24.3 Å². The maximum Gasteiger partial charge on any atom is 0.254 e. The molecule has 0 radical (unpaired) electrons. The number of phenolic OH excluding ortho intramolecular Hbond substituents is 2. The number of fused-ring (bicyclic) bond motifs is 1. The van der Waals surface area contributed by atoms with Crippen molar-refractivity contribution in [2.45, 2.75) is 19.5 Å². The van der Waals surface area contributed by atoms with Gasteiger partial charge in [-0.05, 0) is 24.6 Å². The van der Waals surface area contributed by atoms with Crippen molar-refractivity contribution in [3.05, 3.63) is 63.8 Å². The molecule has 7 heteroatoms. The zero-order chi connectivity index (χ0) is 17.4. The molecule has 0 saturated carbocycles. The molecular weight excluding hydrogens is 322 g/mol. The zero-order valence-electron chi connectivity index (χ0n) is 13.4. The highest BCUT2D eigenvalue weighted by Gasteiger charge is 2.23. The Morgan fingerprint density at radius 2 is 2.12 bits per heavy atom. The topological polar surface area (TPSA) is 103 Å². The largest absolute Gasteiger partial charge is 0.504 e. The lowest BCUT2D eigenvalue weighted by molar-refractivity contribution is 0.236. The monoisotopic (exact) mass is 339 g/mol. The summed E-state index contributed by atoms with van der Waals surface area (Å²) in [7, 11) is 0. The van der Waals surface area contributed by atoms with Crippen LogP contribution >= 0.6 is 0 Å². The summed E-state index contributed by atoms with van der Waals surface area (Å²) >= 11 is 0. The van der Waals surface area contributed by atoms with Crippen LogP contribution in [0.2, 0.25) is 0 Å². The van der Waals surface area contributed by atoms with Crippen molar-refractivity contribution >= 4 is 0 Å². The Balaban J connectivity index is 1.62. The van der Waals surface area contributed by atoms with Crippen molar-refractivity contribution in [1.29, 1.82) is 0 Å². The minimum Gasteiger partial charge on any atom is -0.504 e. The minimum absolute atomic E-state index is 0.108. The third-order valence-corrected chi connectivity index (χ3v) is 4.40. The van der Waals surface area contributed by atoms with Gasteiger partial charge in [-0.15, -0.1) is 0 Å². The van der Waals surface area contributed by atoms with Crippen LogP contribution < -0.4 is 5.56 Å². The molecule has 25 heavy (non-hydrogen) atoms. The van der Waals surface area contributed by atoms with E-state index in [0.29, 0.717) is 54.5 Å². The summed E-state index contributed by atoms with van der Waals surface area (Å²) < 4.78 is 5.31. The molecule has 0 bridgehead atoms. The number of aromatic hydroxyl groups is 2. The highest BCUT2D eigenvalue weighted by molar-refractivity contribution is 5.47. The van der Waals surface area contributed by atoms with Gasteiger partial charge in [-0.3, -0.25) is 9.69 Å². The van der Waals surface area contributed by atoms with E-state index in [2.05, 4.69) is 14.9 Å². The van der Waals surface area contributed by atoms with Gasteiger partial charge in [0.2, 0.25) is 0 Å². The average molecular weight is 339 g/mol. The maximum absolute atomic E-state index is 12.3. The summed E-state index contributed by atoms with van der Waals surface area (Å²) in [4.78, 5) is 21.7. The number of aromatic amines is 1. The van der Waals surface area contributed by atoms with E-state index in [4.69, 9.17) is 4.42 Å². The van der Waals surface area contributed by atoms with Crippen LogP contribution in [-0.2, 0) is 19.5 Å². The van der Waals surface area contributed by atoms with Crippen LogP contribution in [0.15, 0.2) is 45.8 Å². The Morgan fingerprint density at radius 3 is 2.92 bits per heavy atom. The highest BCUT2D eigenvalue weighted by Crippen LogP contribution is 2.30. The molecule has 7 nitrogen and oxygen atoms in total. The van der Waals surface area contributed by atoms with Gasteiger partial charge in [0, 0.05) is 30.8 Å². The van der Waals surface area contributed by atoms with E-state index < -0.39 is 0 Å². The highest BCUT2D eigenvalue weighted by atomic mass is 16.3. The fraction of sp³-hybridized carbons (Fsp3) is 0.222. The second-order valence-electron chi connectivity index (χ2n) is 6.06. The van der Waals surface area contributed by atoms with Gasteiger partial charge < -0.3 is 19.6 Å². The van der Waals surface area contributed by atoms with Crippen LogP contribution in [0.25, 0.3) is 11.6 Å². The number of nitrogens with zero attached hydrogens (tertiary/aromatic N) is 2. The molecule has 1 aliphatic rings. The number of hydrogen-bond donors (Lipinski definition) is 3. The van der Waals surface area contributed by atoms with Crippen molar-refractivity contribution < 1.29 is 14.6 Å². The molecule has 3 N–H and O–H groups in total. The summed E-state index contributed by atoms with van der Waals surface area (Å²) in [5, 5.41) is 19.6. The van der Waals surface area contributed by atoms with Gasteiger partial charge in [0.15, 0.2) is 23.1 Å². The second-order valence-corrected chi connectivity index (χ2v) is 6.06. The van der Waals surface area contributed by atoms with Crippen LogP contribution in [-0.4, -0.2) is 31.6 Å². The van der Waals surface area contributed by atoms with Crippen LogP contribution in [0.5, 0.6) is 11.5 Å². The molecule has 0 aliphatic carbocycles. The Hall–Kier alpha value is -3.06. The van der Waals surface area contributed by atoms with Gasteiger partial charge in [0.05, 0.1) is 12.0 Å². The van der Waals surface area contributed by atoms with Crippen molar-refractivity contribution in [3.8, 4) is 23.1 Å². The van der Waals surface area contributed by atoms with Gasteiger partial charge >= 0.3 is 0 Å². The molecule has 128 valence electrons. The molecule has 1 aliphatic heterocycles. The lowest BCUT2D eigenvalue weighted by Crippen LogP contribution is -2.35. The molecule has 1 aromatic carbocycles. The predicted octanol–water partition coefficient (Wildman–Crippen LogP) is 2.00. The summed E-state index contributed by atoms with van der Waals surface area (Å²) in [5.74, 6) is 0.687. The summed E-state index contributed by atoms with van der Waals surface area (Å²) in [6.45, 7) is 1.62. The number of rotatable bonds is 3. The summed E-state index contributed by atoms with van der Waals surface area (Å²) in [5.41, 5.74) is 1.89. The number of para-hydroxylation sites is 1. The smallest absolute Gasteiger partial charge is 0.254 e. The molecule has 0 fully saturated rings. The van der Waals surface area contributed by atoms with Crippen LogP contribution in [0.4, 0.5) is 0 Å². The van der Waals surface area contributed by atoms with Crippen molar-refractivity contribution in [1.82, 2.24) is 14.9 Å². The van der Waals surface area contributed by atoms with Gasteiger partial charge in [-0.2, -0.15) is 0 Å². The first kappa shape index (κ1) is 15.5. The number of benzene rings is 1. The van der Waals surface area contributed by atoms with Crippen LogP contribution in [0.3, 0.4) is 0 Å². The Bertz CT molecular complexity index is 963.